The van der Waals surface area contributed by atoms with E-state index in [-0.39, 0.29) is 23.0 Å². The molecule has 1 aromatic rings. The summed E-state index contributed by atoms with van der Waals surface area (Å²) >= 11 is 9.18. The quantitative estimate of drug-likeness (QED) is 0.815. The smallest absolute Gasteiger partial charge is 0.314 e. The van der Waals surface area contributed by atoms with Gasteiger partial charge in [-0.1, -0.05) is 33.6 Å². The van der Waals surface area contributed by atoms with E-state index in [1.165, 1.54) is 17.0 Å². The molecule has 1 aliphatic rings. The molecular formula is C12H14BrCl2F3N2. The largest absolute Gasteiger partial charge is 0.408 e. The second-order valence-electron chi connectivity index (χ2n) is 4.40. The highest BCUT2D eigenvalue weighted by Crippen LogP contribution is 2.41. The van der Waals surface area contributed by atoms with Crippen molar-refractivity contribution in [3.8, 4) is 0 Å². The monoisotopic (exact) mass is 392 g/mol. The highest BCUT2D eigenvalue weighted by molar-refractivity contribution is 9.10. The number of nitrogens with one attached hydrogen (secondary N) is 1. The van der Waals surface area contributed by atoms with E-state index in [1.54, 1.807) is 6.07 Å². The number of hydrogen-bond acceptors (Lipinski definition) is 2. The second-order valence-corrected chi connectivity index (χ2v) is 5.72. The Bertz CT molecular complexity index is 451. The lowest BCUT2D eigenvalue weighted by molar-refractivity contribution is -0.187. The Kier molecular flexibility index (Phi) is 6.60. The molecule has 1 aromatic carbocycles. The van der Waals surface area contributed by atoms with Crippen LogP contribution in [0.25, 0.3) is 0 Å². The van der Waals surface area contributed by atoms with Crippen molar-refractivity contribution in [3.05, 3.63) is 33.3 Å². The normalized spacial score (nSPS) is 18.4. The van der Waals surface area contributed by atoms with E-state index in [9.17, 15) is 13.2 Å². The fourth-order valence-electron chi connectivity index (χ4n) is 2.24. The fourth-order valence-corrected chi connectivity index (χ4v) is 3.02. The van der Waals surface area contributed by atoms with Crippen molar-refractivity contribution in [1.82, 2.24) is 10.2 Å². The topological polar surface area (TPSA) is 15.3 Å². The van der Waals surface area contributed by atoms with Gasteiger partial charge >= 0.3 is 6.18 Å². The molecule has 1 atom stereocenters. The van der Waals surface area contributed by atoms with Crippen LogP contribution in [0.1, 0.15) is 11.6 Å². The Hall–Kier alpha value is -0.0100. The SMILES string of the molecule is Cl.FC(F)(F)[C@H](c1ccc(Br)cc1Cl)N1CCNCC1. The number of benzene rings is 1. The van der Waals surface area contributed by atoms with Crippen LogP contribution < -0.4 is 5.32 Å². The number of alkyl halides is 3. The van der Waals surface area contributed by atoms with Crippen molar-refractivity contribution in [2.75, 3.05) is 26.2 Å². The zero-order valence-electron chi connectivity index (χ0n) is 10.4. The first kappa shape index (κ1) is 18.0. The van der Waals surface area contributed by atoms with Gasteiger partial charge in [-0.25, -0.2) is 0 Å². The third kappa shape index (κ3) is 4.24. The van der Waals surface area contributed by atoms with Gasteiger partial charge in [-0.05, 0) is 17.7 Å². The lowest BCUT2D eigenvalue weighted by Crippen LogP contribution is -2.49. The molecule has 0 radical (unpaired) electrons. The predicted octanol–water partition coefficient (Wildman–Crippen LogP) is 4.03. The summed E-state index contributed by atoms with van der Waals surface area (Å²) < 4.78 is 40.7. The molecule has 2 nitrogen and oxygen atoms in total. The van der Waals surface area contributed by atoms with Crippen LogP contribution in [0.4, 0.5) is 13.2 Å². The van der Waals surface area contributed by atoms with E-state index in [2.05, 4.69) is 21.2 Å². The van der Waals surface area contributed by atoms with Crippen LogP contribution >= 0.6 is 39.9 Å². The Morgan fingerprint density at radius 2 is 1.85 bits per heavy atom. The van der Waals surface area contributed by atoms with Crippen molar-refractivity contribution in [1.29, 1.82) is 0 Å². The first-order chi connectivity index (χ1) is 8.89. The Morgan fingerprint density at radius 1 is 1.25 bits per heavy atom. The molecule has 114 valence electrons. The summed E-state index contributed by atoms with van der Waals surface area (Å²) in [6.45, 7) is 1.83. The van der Waals surface area contributed by atoms with Crippen LogP contribution in [0.2, 0.25) is 5.02 Å². The van der Waals surface area contributed by atoms with Gasteiger partial charge in [0.15, 0.2) is 0 Å². The van der Waals surface area contributed by atoms with Gasteiger partial charge in [0, 0.05) is 35.7 Å². The molecule has 0 bridgehead atoms. The zero-order chi connectivity index (χ0) is 14.0. The maximum Gasteiger partial charge on any atom is 0.408 e. The zero-order valence-corrected chi connectivity index (χ0v) is 13.5. The molecule has 1 saturated heterocycles. The highest BCUT2D eigenvalue weighted by atomic mass is 79.9. The number of halogens is 6. The van der Waals surface area contributed by atoms with Crippen LogP contribution in [0.15, 0.2) is 22.7 Å². The van der Waals surface area contributed by atoms with Gasteiger partial charge in [0.25, 0.3) is 0 Å². The van der Waals surface area contributed by atoms with E-state index in [4.69, 9.17) is 11.6 Å². The molecule has 0 aromatic heterocycles. The van der Waals surface area contributed by atoms with Crippen LogP contribution in [0.3, 0.4) is 0 Å². The second kappa shape index (κ2) is 7.31. The lowest BCUT2D eigenvalue weighted by Gasteiger charge is -2.36. The molecule has 1 aliphatic heterocycles. The molecule has 8 heteroatoms. The van der Waals surface area contributed by atoms with Crippen molar-refractivity contribution in [2.45, 2.75) is 12.2 Å². The van der Waals surface area contributed by atoms with Gasteiger partial charge in [-0.2, -0.15) is 13.2 Å². The fraction of sp³-hybridized carbons (Fsp3) is 0.500. The van der Waals surface area contributed by atoms with E-state index < -0.39 is 12.2 Å². The van der Waals surface area contributed by atoms with Crippen molar-refractivity contribution in [2.24, 2.45) is 0 Å². The molecule has 1 heterocycles. The molecule has 20 heavy (non-hydrogen) atoms. The average molecular weight is 394 g/mol. The number of nitrogens with zero attached hydrogens (tertiary/aromatic N) is 1. The molecule has 0 spiro atoms. The van der Waals surface area contributed by atoms with Crippen LogP contribution in [-0.4, -0.2) is 37.3 Å². The van der Waals surface area contributed by atoms with E-state index in [0.29, 0.717) is 30.7 Å². The standard InChI is InChI=1S/C12H13BrClF3N2.ClH/c13-8-1-2-9(10(14)7-8)11(12(15,16)17)19-5-3-18-4-6-19;/h1-2,7,11,18H,3-6H2;1H/t11-;/m0./s1. The van der Waals surface area contributed by atoms with Gasteiger partial charge in [0.2, 0.25) is 0 Å². The van der Waals surface area contributed by atoms with E-state index >= 15 is 0 Å². The van der Waals surface area contributed by atoms with Gasteiger partial charge in [0.05, 0.1) is 0 Å². The van der Waals surface area contributed by atoms with Gasteiger partial charge in [0.1, 0.15) is 6.04 Å². The third-order valence-corrected chi connectivity index (χ3v) is 3.90. The van der Waals surface area contributed by atoms with Gasteiger partial charge < -0.3 is 5.32 Å². The van der Waals surface area contributed by atoms with Crippen molar-refractivity contribution >= 4 is 39.9 Å². The maximum atomic E-state index is 13.3. The van der Waals surface area contributed by atoms with Crippen molar-refractivity contribution in [3.63, 3.8) is 0 Å². The van der Waals surface area contributed by atoms with E-state index in [0.717, 1.165) is 0 Å². The maximum absolute atomic E-state index is 13.3. The Balaban J connectivity index is 0.00000200. The van der Waals surface area contributed by atoms with Crippen molar-refractivity contribution < 1.29 is 13.2 Å². The van der Waals surface area contributed by atoms with Crippen LogP contribution in [0, 0.1) is 0 Å². The summed E-state index contributed by atoms with van der Waals surface area (Å²) in [5.74, 6) is 0. The summed E-state index contributed by atoms with van der Waals surface area (Å²) in [5.41, 5.74) is 0.110. The average Bonchev–Trinajstić information content (AvgIpc) is 2.32. The summed E-state index contributed by atoms with van der Waals surface area (Å²) in [4.78, 5) is 1.42. The first-order valence-corrected chi connectivity index (χ1v) is 7.03. The summed E-state index contributed by atoms with van der Waals surface area (Å²) in [7, 11) is 0. The minimum Gasteiger partial charge on any atom is -0.314 e. The molecule has 0 amide bonds. The molecule has 0 saturated carbocycles. The number of hydrogen-bond donors (Lipinski definition) is 1. The lowest BCUT2D eigenvalue weighted by atomic mass is 10.0. The predicted molar refractivity (Wildman–Crippen MR) is 79.6 cm³/mol. The minimum atomic E-state index is -4.34. The summed E-state index contributed by atoms with van der Waals surface area (Å²) in [6, 6.07) is 2.88. The number of piperazine rings is 1. The summed E-state index contributed by atoms with van der Waals surface area (Å²) in [5, 5.41) is 3.18. The van der Waals surface area contributed by atoms with Gasteiger partial charge in [-0.15, -0.1) is 12.4 Å². The van der Waals surface area contributed by atoms with E-state index in [1.807, 2.05) is 0 Å². The Labute approximate surface area is 135 Å². The molecule has 0 aliphatic carbocycles. The summed E-state index contributed by atoms with van der Waals surface area (Å²) in [6.07, 6.45) is -4.34. The third-order valence-electron chi connectivity index (χ3n) is 3.08. The molecule has 1 fully saturated rings. The molecule has 2 rings (SSSR count). The van der Waals surface area contributed by atoms with Crippen LogP contribution in [0.5, 0.6) is 0 Å². The molecule has 1 N–H and O–H groups in total. The Morgan fingerprint density at radius 3 is 2.35 bits per heavy atom. The van der Waals surface area contributed by atoms with Crippen LogP contribution in [-0.2, 0) is 0 Å². The van der Waals surface area contributed by atoms with Gasteiger partial charge in [-0.3, -0.25) is 4.90 Å². The first-order valence-electron chi connectivity index (χ1n) is 5.86. The minimum absolute atomic E-state index is 0. The highest BCUT2D eigenvalue weighted by Gasteiger charge is 2.45. The number of rotatable bonds is 2. The molecule has 0 unspecified atom stereocenters. The molecular weight excluding hydrogens is 380 g/mol.